The molecule has 17 heavy (non-hydrogen) atoms. The predicted molar refractivity (Wildman–Crippen MR) is 72.9 cm³/mol. The first-order valence-electron chi connectivity index (χ1n) is 5.94. The summed E-state index contributed by atoms with van der Waals surface area (Å²) in [7, 11) is 0. The topological polar surface area (TPSA) is 52.0 Å². The van der Waals surface area contributed by atoms with Gasteiger partial charge in [-0.15, -0.1) is 0 Å². The Morgan fingerprint density at radius 3 is 2.94 bits per heavy atom. The summed E-state index contributed by atoms with van der Waals surface area (Å²) in [5.41, 5.74) is 7.29. The highest BCUT2D eigenvalue weighted by Crippen LogP contribution is 2.25. The summed E-state index contributed by atoms with van der Waals surface area (Å²) in [6, 6.07) is 5.90. The van der Waals surface area contributed by atoms with Gasteiger partial charge in [0.1, 0.15) is 5.52 Å². The van der Waals surface area contributed by atoms with Crippen molar-refractivity contribution < 1.29 is 4.42 Å². The fourth-order valence-corrected chi connectivity index (χ4v) is 2.30. The monoisotopic (exact) mass is 296 g/mol. The number of halogens is 1. The molecular formula is C13H17BrN2O. The van der Waals surface area contributed by atoms with Gasteiger partial charge in [-0.25, -0.2) is 4.98 Å². The maximum atomic E-state index is 5.74. The van der Waals surface area contributed by atoms with Gasteiger partial charge in [0.2, 0.25) is 0 Å². The average molecular weight is 297 g/mol. The number of rotatable bonds is 5. The molecule has 0 aliphatic rings. The van der Waals surface area contributed by atoms with Crippen LogP contribution < -0.4 is 5.73 Å². The Bertz CT molecular complexity index is 495. The van der Waals surface area contributed by atoms with E-state index in [4.69, 9.17) is 10.2 Å². The van der Waals surface area contributed by atoms with E-state index >= 15 is 0 Å². The highest BCUT2D eigenvalue weighted by molar-refractivity contribution is 9.10. The predicted octanol–water partition coefficient (Wildman–Crippen LogP) is 3.51. The molecule has 0 bridgehead atoms. The number of hydrogen-bond acceptors (Lipinski definition) is 3. The van der Waals surface area contributed by atoms with Crippen LogP contribution in [0.5, 0.6) is 0 Å². The van der Waals surface area contributed by atoms with Gasteiger partial charge >= 0.3 is 0 Å². The number of hydrogen-bond donors (Lipinski definition) is 1. The third kappa shape index (κ3) is 3.07. The molecule has 3 nitrogen and oxygen atoms in total. The summed E-state index contributed by atoms with van der Waals surface area (Å²) in [5, 5.41) is 0. The number of aromatic nitrogens is 1. The molecule has 0 aliphatic heterocycles. The fraction of sp³-hybridized carbons (Fsp3) is 0.462. The first-order chi connectivity index (χ1) is 8.20. The molecular weight excluding hydrogens is 280 g/mol. The quantitative estimate of drug-likeness (QED) is 0.918. The van der Waals surface area contributed by atoms with Gasteiger partial charge in [0.15, 0.2) is 11.5 Å². The zero-order chi connectivity index (χ0) is 12.3. The van der Waals surface area contributed by atoms with Crippen molar-refractivity contribution in [3.8, 4) is 0 Å². The van der Waals surface area contributed by atoms with Gasteiger partial charge in [0, 0.05) is 6.42 Å². The molecule has 0 amide bonds. The van der Waals surface area contributed by atoms with E-state index < -0.39 is 0 Å². The maximum Gasteiger partial charge on any atom is 0.195 e. The zero-order valence-electron chi connectivity index (χ0n) is 9.95. The lowest BCUT2D eigenvalue weighted by molar-refractivity contribution is 0.450. The molecule has 0 saturated carbocycles. The van der Waals surface area contributed by atoms with Crippen molar-refractivity contribution in [2.75, 3.05) is 6.54 Å². The molecule has 1 heterocycles. The maximum absolute atomic E-state index is 5.74. The van der Waals surface area contributed by atoms with Crippen molar-refractivity contribution in [3.05, 3.63) is 28.6 Å². The van der Waals surface area contributed by atoms with E-state index in [1.165, 1.54) is 0 Å². The Hall–Kier alpha value is -0.870. The highest BCUT2D eigenvalue weighted by atomic mass is 79.9. The van der Waals surface area contributed by atoms with E-state index in [2.05, 4.69) is 27.8 Å². The van der Waals surface area contributed by atoms with Gasteiger partial charge < -0.3 is 10.2 Å². The summed E-state index contributed by atoms with van der Waals surface area (Å²) in [4.78, 5) is 4.48. The molecule has 0 spiro atoms. The molecule has 0 fully saturated rings. The lowest BCUT2D eigenvalue weighted by Crippen LogP contribution is -2.06. The molecule has 2 N–H and O–H groups in total. The van der Waals surface area contributed by atoms with Gasteiger partial charge in [-0.1, -0.05) is 13.0 Å². The van der Waals surface area contributed by atoms with Crippen molar-refractivity contribution in [1.82, 2.24) is 4.98 Å². The fourth-order valence-electron chi connectivity index (χ4n) is 1.87. The number of nitrogens with zero attached hydrogens (tertiary/aromatic N) is 1. The minimum absolute atomic E-state index is 0.624. The van der Waals surface area contributed by atoms with E-state index in [-0.39, 0.29) is 0 Å². The molecule has 4 heteroatoms. The van der Waals surface area contributed by atoms with Crippen LogP contribution in [0.15, 0.2) is 27.1 Å². The van der Waals surface area contributed by atoms with Crippen molar-refractivity contribution in [2.45, 2.75) is 26.2 Å². The number of benzene rings is 1. The van der Waals surface area contributed by atoms with Crippen LogP contribution in [0.25, 0.3) is 11.1 Å². The standard InChI is InChI=1S/C13H17BrN2O/c1-9(7-8-15)5-6-12-16-11-4-2-3-10(14)13(11)17-12/h2-4,9H,5-8,15H2,1H3. The Kier molecular flexibility index (Phi) is 4.18. The first kappa shape index (κ1) is 12.6. The minimum atomic E-state index is 0.624. The van der Waals surface area contributed by atoms with E-state index in [0.717, 1.165) is 47.3 Å². The van der Waals surface area contributed by atoms with Crippen LogP contribution in [-0.2, 0) is 6.42 Å². The molecule has 1 atom stereocenters. The van der Waals surface area contributed by atoms with Crippen LogP contribution in [-0.4, -0.2) is 11.5 Å². The Morgan fingerprint density at radius 2 is 2.24 bits per heavy atom. The van der Waals surface area contributed by atoms with Crippen LogP contribution in [0.1, 0.15) is 25.7 Å². The Morgan fingerprint density at radius 1 is 1.41 bits per heavy atom. The lowest BCUT2D eigenvalue weighted by atomic mass is 10.0. The molecule has 0 saturated heterocycles. The number of para-hydroxylation sites is 1. The number of oxazole rings is 1. The number of fused-ring (bicyclic) bond motifs is 1. The third-order valence-corrected chi connectivity index (χ3v) is 3.55. The molecule has 1 aromatic heterocycles. The molecule has 0 radical (unpaired) electrons. The van der Waals surface area contributed by atoms with Crippen molar-refractivity contribution in [2.24, 2.45) is 11.7 Å². The molecule has 92 valence electrons. The van der Waals surface area contributed by atoms with E-state index in [0.29, 0.717) is 5.92 Å². The normalized spacial score (nSPS) is 13.1. The minimum Gasteiger partial charge on any atom is -0.440 e. The molecule has 2 rings (SSSR count). The van der Waals surface area contributed by atoms with E-state index in [9.17, 15) is 0 Å². The van der Waals surface area contributed by atoms with E-state index in [1.807, 2.05) is 18.2 Å². The second-order valence-electron chi connectivity index (χ2n) is 4.42. The Balaban J connectivity index is 2.07. The number of aryl methyl sites for hydroxylation is 1. The summed E-state index contributed by atoms with van der Waals surface area (Å²) >= 11 is 3.46. The van der Waals surface area contributed by atoms with Crippen LogP contribution in [0.3, 0.4) is 0 Å². The average Bonchev–Trinajstić information content (AvgIpc) is 2.71. The second kappa shape index (κ2) is 5.65. The molecule has 0 aliphatic carbocycles. The van der Waals surface area contributed by atoms with Crippen molar-refractivity contribution in [1.29, 1.82) is 0 Å². The largest absolute Gasteiger partial charge is 0.440 e. The molecule has 1 aromatic carbocycles. The van der Waals surface area contributed by atoms with Gasteiger partial charge in [0.05, 0.1) is 4.47 Å². The lowest BCUT2D eigenvalue weighted by Gasteiger charge is -2.06. The van der Waals surface area contributed by atoms with Crippen molar-refractivity contribution in [3.63, 3.8) is 0 Å². The van der Waals surface area contributed by atoms with Gasteiger partial charge in [-0.2, -0.15) is 0 Å². The highest BCUT2D eigenvalue weighted by Gasteiger charge is 2.09. The smallest absolute Gasteiger partial charge is 0.195 e. The molecule has 2 aromatic rings. The SMILES string of the molecule is CC(CCN)CCc1nc2cccc(Br)c2o1. The van der Waals surface area contributed by atoms with Gasteiger partial charge in [0.25, 0.3) is 0 Å². The Labute approximate surface area is 110 Å². The molecule has 1 unspecified atom stereocenters. The van der Waals surface area contributed by atoms with Crippen molar-refractivity contribution >= 4 is 27.0 Å². The second-order valence-corrected chi connectivity index (χ2v) is 5.27. The van der Waals surface area contributed by atoms with Crippen LogP contribution >= 0.6 is 15.9 Å². The summed E-state index contributed by atoms with van der Waals surface area (Å²) in [6.45, 7) is 2.96. The zero-order valence-corrected chi connectivity index (χ0v) is 11.5. The van der Waals surface area contributed by atoms with Crippen LogP contribution in [0.4, 0.5) is 0 Å². The van der Waals surface area contributed by atoms with E-state index in [1.54, 1.807) is 0 Å². The van der Waals surface area contributed by atoms with Crippen LogP contribution in [0.2, 0.25) is 0 Å². The summed E-state index contributed by atoms with van der Waals surface area (Å²) in [5.74, 6) is 1.44. The number of nitrogens with two attached hydrogens (primary N) is 1. The van der Waals surface area contributed by atoms with Gasteiger partial charge in [-0.05, 0) is 53.4 Å². The van der Waals surface area contributed by atoms with Gasteiger partial charge in [-0.3, -0.25) is 0 Å². The third-order valence-electron chi connectivity index (χ3n) is 2.92. The first-order valence-corrected chi connectivity index (χ1v) is 6.74. The summed E-state index contributed by atoms with van der Waals surface area (Å²) < 4.78 is 6.70. The summed E-state index contributed by atoms with van der Waals surface area (Å²) in [6.07, 6.45) is 3.01. The van der Waals surface area contributed by atoms with Crippen LogP contribution in [0, 0.1) is 5.92 Å².